The van der Waals surface area contributed by atoms with Gasteiger partial charge < -0.3 is 19.1 Å². The Bertz CT molecular complexity index is 795. The van der Waals surface area contributed by atoms with E-state index in [1.165, 1.54) is 0 Å². The molecule has 0 N–H and O–H groups in total. The largest absolute Gasteiger partial charge is 0.466 e. The van der Waals surface area contributed by atoms with Crippen LogP contribution in [0.5, 0.6) is 0 Å². The number of aryl methyl sites for hydroxylation is 1. The van der Waals surface area contributed by atoms with Crippen molar-refractivity contribution in [3.05, 3.63) is 17.5 Å². The van der Waals surface area contributed by atoms with E-state index in [4.69, 9.17) is 14.2 Å². The quantitative estimate of drug-likeness (QED) is 0.630. The van der Waals surface area contributed by atoms with Crippen LogP contribution in [-0.4, -0.2) is 64.8 Å². The molecule has 1 saturated heterocycles. The molecule has 2 aliphatic rings. The third-order valence-corrected chi connectivity index (χ3v) is 5.43. The molecule has 8 heteroatoms. The maximum atomic E-state index is 13.6. The minimum Gasteiger partial charge on any atom is -0.466 e. The zero-order chi connectivity index (χ0) is 22.3. The third-order valence-electron chi connectivity index (χ3n) is 5.43. The molecule has 1 aliphatic heterocycles. The molecule has 1 amide bonds. The van der Waals surface area contributed by atoms with Gasteiger partial charge in [-0.05, 0) is 66.9 Å². The number of carbonyl (C=O) groups is 2. The Morgan fingerprint density at radius 3 is 2.60 bits per heavy atom. The van der Waals surface area contributed by atoms with Crippen molar-refractivity contribution in [2.75, 3.05) is 26.3 Å². The van der Waals surface area contributed by atoms with Crippen LogP contribution in [0.1, 0.15) is 64.1 Å². The standard InChI is InChI=1S/C22H35N3O5/c1-8-28-20(27)17-10-15(17)11-24(12-16-13-29-22(6,7)30-16)19(26)18-9-14(2)23-25(18)21(3,4)5/h9,15-17H,8,10-13H2,1-7H3/t15-,16-,17-/m1/s1. The minimum absolute atomic E-state index is 0.103. The molecular formula is C22H35N3O5. The Hall–Kier alpha value is -1.93. The molecule has 1 aromatic rings. The molecule has 0 bridgehead atoms. The van der Waals surface area contributed by atoms with Crippen molar-refractivity contribution in [1.82, 2.24) is 14.7 Å². The maximum absolute atomic E-state index is 13.6. The van der Waals surface area contributed by atoms with Crippen LogP contribution < -0.4 is 0 Å². The summed E-state index contributed by atoms with van der Waals surface area (Å²) in [5, 5.41) is 4.54. The van der Waals surface area contributed by atoms with E-state index in [1.807, 2.05) is 47.6 Å². The van der Waals surface area contributed by atoms with Gasteiger partial charge in [0.25, 0.3) is 5.91 Å². The number of amides is 1. The zero-order valence-electron chi connectivity index (χ0n) is 19.2. The summed E-state index contributed by atoms with van der Waals surface area (Å²) in [6.45, 7) is 15.2. The molecule has 1 aromatic heterocycles. The molecule has 168 valence electrons. The monoisotopic (exact) mass is 421 g/mol. The molecule has 1 aliphatic carbocycles. The summed E-state index contributed by atoms with van der Waals surface area (Å²) in [6.07, 6.45) is 0.532. The molecule has 0 radical (unpaired) electrons. The highest BCUT2D eigenvalue weighted by Crippen LogP contribution is 2.40. The van der Waals surface area contributed by atoms with Gasteiger partial charge in [0.1, 0.15) is 11.8 Å². The van der Waals surface area contributed by atoms with Crippen molar-refractivity contribution < 1.29 is 23.8 Å². The van der Waals surface area contributed by atoms with Crippen molar-refractivity contribution in [2.24, 2.45) is 11.8 Å². The van der Waals surface area contributed by atoms with Gasteiger partial charge in [0.05, 0.1) is 30.4 Å². The second kappa shape index (κ2) is 8.30. The fourth-order valence-electron chi connectivity index (χ4n) is 3.93. The number of hydrogen-bond acceptors (Lipinski definition) is 6. The summed E-state index contributed by atoms with van der Waals surface area (Å²) in [6, 6.07) is 1.83. The topological polar surface area (TPSA) is 82.9 Å². The Kier molecular flexibility index (Phi) is 6.30. The number of aromatic nitrogens is 2. The van der Waals surface area contributed by atoms with Gasteiger partial charge in [-0.1, -0.05) is 0 Å². The first-order chi connectivity index (χ1) is 13.9. The molecule has 3 atom stereocenters. The lowest BCUT2D eigenvalue weighted by Gasteiger charge is -2.28. The van der Waals surface area contributed by atoms with Crippen LogP contribution >= 0.6 is 0 Å². The van der Waals surface area contributed by atoms with Gasteiger partial charge in [-0.2, -0.15) is 5.10 Å². The normalized spacial score (nSPS) is 25.2. The number of ether oxygens (including phenoxy) is 3. The molecule has 0 spiro atoms. The van der Waals surface area contributed by atoms with Gasteiger partial charge in [0.2, 0.25) is 0 Å². The fourth-order valence-corrected chi connectivity index (χ4v) is 3.93. The smallest absolute Gasteiger partial charge is 0.309 e. The number of rotatable bonds is 7. The van der Waals surface area contributed by atoms with Gasteiger partial charge in [0.15, 0.2) is 5.79 Å². The molecule has 8 nitrogen and oxygen atoms in total. The van der Waals surface area contributed by atoms with E-state index in [2.05, 4.69) is 5.10 Å². The molecule has 2 heterocycles. The summed E-state index contributed by atoms with van der Waals surface area (Å²) < 4.78 is 18.6. The van der Waals surface area contributed by atoms with Crippen LogP contribution in [0.15, 0.2) is 6.07 Å². The van der Waals surface area contributed by atoms with Crippen LogP contribution in [0, 0.1) is 18.8 Å². The highest BCUT2D eigenvalue weighted by atomic mass is 16.7. The summed E-state index contributed by atoms with van der Waals surface area (Å²) in [4.78, 5) is 27.5. The van der Waals surface area contributed by atoms with Crippen molar-refractivity contribution >= 4 is 11.9 Å². The van der Waals surface area contributed by atoms with Crippen LogP contribution in [0.3, 0.4) is 0 Å². The summed E-state index contributed by atoms with van der Waals surface area (Å²) in [7, 11) is 0. The second-order valence-corrected chi connectivity index (χ2v) is 9.77. The zero-order valence-corrected chi connectivity index (χ0v) is 19.2. The van der Waals surface area contributed by atoms with E-state index in [1.54, 1.807) is 16.5 Å². The number of nitrogens with zero attached hydrogens (tertiary/aromatic N) is 3. The van der Waals surface area contributed by atoms with Crippen molar-refractivity contribution in [3.8, 4) is 0 Å². The van der Waals surface area contributed by atoms with Crippen molar-refractivity contribution in [3.63, 3.8) is 0 Å². The van der Waals surface area contributed by atoms with E-state index < -0.39 is 5.79 Å². The fraction of sp³-hybridized carbons (Fsp3) is 0.773. The number of esters is 1. The molecule has 0 aromatic carbocycles. The van der Waals surface area contributed by atoms with E-state index in [0.29, 0.717) is 32.0 Å². The predicted octanol–water partition coefficient (Wildman–Crippen LogP) is 2.74. The summed E-state index contributed by atoms with van der Waals surface area (Å²) in [5.41, 5.74) is 1.02. The van der Waals surface area contributed by atoms with Crippen molar-refractivity contribution in [2.45, 2.75) is 72.3 Å². The predicted molar refractivity (Wildman–Crippen MR) is 111 cm³/mol. The average Bonchev–Trinajstić information content (AvgIpc) is 3.15. The maximum Gasteiger partial charge on any atom is 0.309 e. The number of carbonyl (C=O) groups excluding carboxylic acids is 2. The van der Waals surface area contributed by atoms with Gasteiger partial charge in [-0.25, -0.2) is 0 Å². The van der Waals surface area contributed by atoms with Crippen LogP contribution in [0.4, 0.5) is 0 Å². The third kappa shape index (κ3) is 5.21. The first-order valence-electron chi connectivity index (χ1n) is 10.8. The van der Waals surface area contributed by atoms with Crippen molar-refractivity contribution in [1.29, 1.82) is 0 Å². The Morgan fingerprint density at radius 2 is 2.03 bits per heavy atom. The first-order valence-corrected chi connectivity index (χ1v) is 10.8. The van der Waals surface area contributed by atoms with Gasteiger partial charge in [-0.15, -0.1) is 0 Å². The second-order valence-electron chi connectivity index (χ2n) is 9.77. The number of hydrogen-bond donors (Lipinski definition) is 0. The van der Waals surface area contributed by atoms with Crippen LogP contribution in [0.25, 0.3) is 0 Å². The van der Waals surface area contributed by atoms with Crippen LogP contribution in [0.2, 0.25) is 0 Å². The van der Waals surface area contributed by atoms with Gasteiger partial charge in [0, 0.05) is 13.1 Å². The lowest BCUT2D eigenvalue weighted by Crippen LogP contribution is -2.42. The Labute approximate surface area is 178 Å². The Balaban J connectivity index is 1.79. The molecule has 0 unspecified atom stereocenters. The van der Waals surface area contributed by atoms with E-state index in [-0.39, 0.29) is 35.4 Å². The summed E-state index contributed by atoms with van der Waals surface area (Å²) >= 11 is 0. The molecule has 1 saturated carbocycles. The molecule has 3 rings (SSSR count). The molecule has 2 fully saturated rings. The van der Waals surface area contributed by atoms with E-state index in [9.17, 15) is 9.59 Å². The lowest BCUT2D eigenvalue weighted by molar-refractivity contribution is -0.145. The van der Waals surface area contributed by atoms with E-state index in [0.717, 1.165) is 12.1 Å². The van der Waals surface area contributed by atoms with Gasteiger partial charge >= 0.3 is 5.97 Å². The first kappa shape index (κ1) is 22.7. The van der Waals surface area contributed by atoms with Gasteiger partial charge in [-0.3, -0.25) is 14.3 Å². The SMILES string of the molecule is CCOC(=O)[C@@H]1C[C@@H]1CN(C[C@@H]1COC(C)(C)O1)C(=O)c1cc(C)nn1C(C)(C)C. The minimum atomic E-state index is -0.657. The van der Waals surface area contributed by atoms with Crippen LogP contribution in [-0.2, 0) is 24.5 Å². The highest BCUT2D eigenvalue weighted by Gasteiger charge is 2.46. The van der Waals surface area contributed by atoms with E-state index >= 15 is 0 Å². The molecular weight excluding hydrogens is 386 g/mol. The average molecular weight is 422 g/mol. The highest BCUT2D eigenvalue weighted by molar-refractivity contribution is 5.93. The Morgan fingerprint density at radius 1 is 1.33 bits per heavy atom. The summed E-state index contributed by atoms with van der Waals surface area (Å²) in [5.74, 6) is -0.960. The molecule has 30 heavy (non-hydrogen) atoms. The lowest BCUT2D eigenvalue weighted by atomic mass is 10.1.